The molecule has 1 aromatic rings. The van der Waals surface area contributed by atoms with Gasteiger partial charge in [-0.2, -0.15) is 8.78 Å². The van der Waals surface area contributed by atoms with Crippen molar-refractivity contribution in [2.24, 2.45) is 11.8 Å². The molecule has 0 aliphatic carbocycles. The molecule has 2 amide bonds. The van der Waals surface area contributed by atoms with Gasteiger partial charge in [-0.25, -0.2) is 4.79 Å². The van der Waals surface area contributed by atoms with Crippen molar-refractivity contribution in [3.8, 4) is 5.75 Å². The molecule has 1 N–H and O–H groups in total. The maximum absolute atomic E-state index is 12.2. The van der Waals surface area contributed by atoms with Crippen LogP contribution in [-0.4, -0.2) is 30.6 Å². The van der Waals surface area contributed by atoms with Gasteiger partial charge in [0, 0.05) is 24.8 Å². The Bertz CT molecular complexity index is 486. The lowest BCUT2D eigenvalue weighted by Gasteiger charge is -2.34. The van der Waals surface area contributed by atoms with Crippen LogP contribution in [0.2, 0.25) is 0 Å². The number of nitrogens with zero attached hydrogens (tertiary/aromatic N) is 1. The normalized spacial score (nSPS) is 22.2. The maximum Gasteiger partial charge on any atom is 0.387 e. The molecule has 0 spiro atoms. The van der Waals surface area contributed by atoms with Crippen molar-refractivity contribution in [3.63, 3.8) is 0 Å². The van der Waals surface area contributed by atoms with Gasteiger partial charge in [0.15, 0.2) is 0 Å². The number of ether oxygens (including phenoxy) is 1. The first-order valence-electron chi connectivity index (χ1n) is 7.05. The average Bonchev–Trinajstić information content (AvgIpc) is 2.37. The SMILES string of the molecule is C[C@@H]1C[C@@H](C)CN(C(=O)Nc2cccc(OC(F)F)c2)C1. The van der Waals surface area contributed by atoms with Crippen LogP contribution in [0.3, 0.4) is 0 Å². The molecule has 0 radical (unpaired) electrons. The number of likely N-dealkylation sites (tertiary alicyclic amines) is 1. The zero-order valence-corrected chi connectivity index (χ0v) is 12.2. The van der Waals surface area contributed by atoms with Crippen LogP contribution in [-0.2, 0) is 0 Å². The third-order valence-corrected chi connectivity index (χ3v) is 3.47. The van der Waals surface area contributed by atoms with Gasteiger partial charge in [-0.15, -0.1) is 0 Å². The van der Waals surface area contributed by atoms with E-state index in [0.29, 0.717) is 30.6 Å². The molecule has 1 aliphatic heterocycles. The Morgan fingerprint density at radius 2 is 2.00 bits per heavy atom. The van der Waals surface area contributed by atoms with Crippen LogP contribution in [0.4, 0.5) is 19.3 Å². The van der Waals surface area contributed by atoms with Crippen LogP contribution >= 0.6 is 0 Å². The fourth-order valence-corrected chi connectivity index (χ4v) is 2.78. The minimum absolute atomic E-state index is 0.0307. The van der Waals surface area contributed by atoms with Crippen LogP contribution in [0.25, 0.3) is 0 Å². The van der Waals surface area contributed by atoms with E-state index in [1.807, 2.05) is 0 Å². The van der Waals surface area contributed by atoms with Gasteiger partial charge in [0.25, 0.3) is 0 Å². The fourth-order valence-electron chi connectivity index (χ4n) is 2.78. The van der Waals surface area contributed by atoms with Crippen molar-refractivity contribution in [2.45, 2.75) is 26.9 Å². The molecule has 2 atom stereocenters. The van der Waals surface area contributed by atoms with Gasteiger partial charge in [-0.1, -0.05) is 19.9 Å². The molecular formula is C15H20F2N2O2. The molecule has 4 nitrogen and oxygen atoms in total. The van der Waals surface area contributed by atoms with E-state index >= 15 is 0 Å². The molecule has 0 saturated carbocycles. The molecule has 1 saturated heterocycles. The summed E-state index contributed by atoms with van der Waals surface area (Å²) in [6, 6.07) is 5.82. The first-order valence-corrected chi connectivity index (χ1v) is 7.05. The van der Waals surface area contributed by atoms with E-state index in [1.165, 1.54) is 12.1 Å². The molecule has 1 aromatic carbocycles. The number of urea groups is 1. The summed E-state index contributed by atoms with van der Waals surface area (Å²) < 4.78 is 28.7. The minimum atomic E-state index is -2.88. The molecule has 2 rings (SSSR count). The zero-order valence-electron chi connectivity index (χ0n) is 12.2. The predicted octanol–water partition coefficient (Wildman–Crippen LogP) is 3.80. The van der Waals surface area contributed by atoms with Gasteiger partial charge in [-0.3, -0.25) is 0 Å². The first kappa shape index (κ1) is 15.5. The number of rotatable bonds is 3. The summed E-state index contributed by atoms with van der Waals surface area (Å²) in [7, 11) is 0. The van der Waals surface area contributed by atoms with E-state index < -0.39 is 6.61 Å². The van der Waals surface area contributed by atoms with Gasteiger partial charge in [0.2, 0.25) is 0 Å². The highest BCUT2D eigenvalue weighted by Crippen LogP contribution is 2.23. The Kier molecular flexibility index (Phi) is 4.98. The van der Waals surface area contributed by atoms with E-state index in [1.54, 1.807) is 17.0 Å². The third kappa shape index (κ3) is 4.58. The Morgan fingerprint density at radius 3 is 2.62 bits per heavy atom. The van der Waals surface area contributed by atoms with Crippen molar-refractivity contribution in [3.05, 3.63) is 24.3 Å². The van der Waals surface area contributed by atoms with E-state index in [2.05, 4.69) is 23.9 Å². The summed E-state index contributed by atoms with van der Waals surface area (Å²) in [5, 5.41) is 2.73. The number of hydrogen-bond donors (Lipinski definition) is 1. The molecule has 0 unspecified atom stereocenters. The highest BCUT2D eigenvalue weighted by molar-refractivity contribution is 5.89. The average molecular weight is 298 g/mol. The summed E-state index contributed by atoms with van der Waals surface area (Å²) >= 11 is 0. The second kappa shape index (κ2) is 6.74. The molecule has 21 heavy (non-hydrogen) atoms. The third-order valence-electron chi connectivity index (χ3n) is 3.47. The Labute approximate surface area is 123 Å². The summed E-state index contributed by atoms with van der Waals surface area (Å²) in [4.78, 5) is 14.0. The second-order valence-corrected chi connectivity index (χ2v) is 5.69. The fraction of sp³-hybridized carbons (Fsp3) is 0.533. The maximum atomic E-state index is 12.2. The lowest BCUT2D eigenvalue weighted by molar-refractivity contribution is -0.0497. The lowest BCUT2D eigenvalue weighted by Crippen LogP contribution is -2.44. The van der Waals surface area contributed by atoms with Gasteiger partial charge in [-0.05, 0) is 30.4 Å². The van der Waals surface area contributed by atoms with Crippen LogP contribution in [0.5, 0.6) is 5.75 Å². The van der Waals surface area contributed by atoms with E-state index in [4.69, 9.17) is 0 Å². The van der Waals surface area contributed by atoms with Gasteiger partial charge >= 0.3 is 12.6 Å². The van der Waals surface area contributed by atoms with Crippen LogP contribution < -0.4 is 10.1 Å². The summed E-state index contributed by atoms with van der Waals surface area (Å²) in [5.41, 5.74) is 0.448. The monoisotopic (exact) mass is 298 g/mol. The Hall–Kier alpha value is -1.85. The molecule has 1 fully saturated rings. The van der Waals surface area contributed by atoms with Gasteiger partial charge in [0.05, 0.1) is 0 Å². The standard InChI is InChI=1S/C15H20F2N2O2/c1-10-6-11(2)9-19(8-10)15(20)18-12-4-3-5-13(7-12)21-14(16)17/h3-5,7,10-11,14H,6,8-9H2,1-2H3,(H,18,20)/t10-,11-/m1/s1. The predicted molar refractivity (Wildman–Crippen MR) is 76.6 cm³/mol. The number of halogens is 2. The molecule has 1 aliphatic rings. The zero-order chi connectivity index (χ0) is 15.4. The number of benzene rings is 1. The molecule has 0 bridgehead atoms. The highest BCUT2D eigenvalue weighted by atomic mass is 19.3. The number of carbonyl (C=O) groups excluding carboxylic acids is 1. The quantitative estimate of drug-likeness (QED) is 0.922. The smallest absolute Gasteiger partial charge is 0.387 e. The van der Waals surface area contributed by atoms with Crippen molar-refractivity contribution >= 4 is 11.7 Å². The van der Waals surface area contributed by atoms with Gasteiger partial charge in [0.1, 0.15) is 5.75 Å². The molecule has 6 heteroatoms. The van der Waals surface area contributed by atoms with Crippen molar-refractivity contribution in [1.29, 1.82) is 0 Å². The second-order valence-electron chi connectivity index (χ2n) is 5.69. The number of anilines is 1. The van der Waals surface area contributed by atoms with E-state index in [0.717, 1.165) is 6.42 Å². The van der Waals surface area contributed by atoms with Crippen LogP contribution in [0.1, 0.15) is 20.3 Å². The number of hydrogen-bond acceptors (Lipinski definition) is 2. The summed E-state index contributed by atoms with van der Waals surface area (Å²) in [6.07, 6.45) is 1.11. The Morgan fingerprint density at radius 1 is 1.33 bits per heavy atom. The topological polar surface area (TPSA) is 41.6 Å². The number of piperidine rings is 1. The minimum Gasteiger partial charge on any atom is -0.435 e. The molecule has 1 heterocycles. The van der Waals surface area contributed by atoms with E-state index in [9.17, 15) is 13.6 Å². The largest absolute Gasteiger partial charge is 0.435 e. The number of nitrogens with one attached hydrogen (secondary N) is 1. The molecular weight excluding hydrogens is 278 g/mol. The number of carbonyl (C=O) groups is 1. The summed E-state index contributed by atoms with van der Waals surface area (Å²) in [5.74, 6) is 0.962. The molecule has 0 aromatic heterocycles. The van der Waals surface area contributed by atoms with Crippen molar-refractivity contribution < 1.29 is 18.3 Å². The number of amides is 2. The van der Waals surface area contributed by atoms with Crippen LogP contribution in [0.15, 0.2) is 24.3 Å². The summed E-state index contributed by atoms with van der Waals surface area (Å²) in [6.45, 7) is 2.78. The molecule has 116 valence electrons. The number of alkyl halides is 2. The van der Waals surface area contributed by atoms with Crippen molar-refractivity contribution in [1.82, 2.24) is 4.90 Å². The Balaban J connectivity index is 1.99. The van der Waals surface area contributed by atoms with Crippen molar-refractivity contribution in [2.75, 3.05) is 18.4 Å². The van der Waals surface area contributed by atoms with E-state index in [-0.39, 0.29) is 11.8 Å². The van der Waals surface area contributed by atoms with Gasteiger partial charge < -0.3 is 15.0 Å². The first-order chi connectivity index (χ1) is 9.94. The highest BCUT2D eigenvalue weighted by Gasteiger charge is 2.25. The lowest BCUT2D eigenvalue weighted by atomic mass is 9.92. The van der Waals surface area contributed by atoms with Crippen LogP contribution in [0, 0.1) is 11.8 Å².